The van der Waals surface area contributed by atoms with Crippen LogP contribution in [0.2, 0.25) is 0 Å². The molecule has 0 fully saturated rings. The van der Waals surface area contributed by atoms with Gasteiger partial charge in [0.2, 0.25) is 11.8 Å². The number of para-hydroxylation sites is 1. The SMILES string of the molecule is CCSc1nc2ccc(NC(=O)CSCC(=O)Nc3c(C)cccc3C)cc2s1. The molecule has 152 valence electrons. The lowest BCUT2D eigenvalue weighted by Gasteiger charge is -2.11. The van der Waals surface area contributed by atoms with E-state index in [4.69, 9.17) is 0 Å². The highest BCUT2D eigenvalue weighted by molar-refractivity contribution is 8.01. The van der Waals surface area contributed by atoms with Crippen LogP contribution in [0.25, 0.3) is 10.2 Å². The smallest absolute Gasteiger partial charge is 0.234 e. The summed E-state index contributed by atoms with van der Waals surface area (Å²) in [5.41, 5.74) is 4.60. The zero-order valence-electron chi connectivity index (χ0n) is 16.6. The largest absolute Gasteiger partial charge is 0.325 e. The molecule has 2 N–H and O–H groups in total. The number of thiazole rings is 1. The molecule has 0 aliphatic rings. The summed E-state index contributed by atoms with van der Waals surface area (Å²) in [4.78, 5) is 29.0. The Morgan fingerprint density at radius 1 is 1.03 bits per heavy atom. The van der Waals surface area contributed by atoms with E-state index in [1.54, 1.807) is 23.1 Å². The lowest BCUT2D eigenvalue weighted by Crippen LogP contribution is -2.19. The number of fused-ring (bicyclic) bond motifs is 1. The first-order chi connectivity index (χ1) is 14.0. The highest BCUT2D eigenvalue weighted by Gasteiger charge is 2.10. The van der Waals surface area contributed by atoms with E-state index in [0.29, 0.717) is 0 Å². The zero-order chi connectivity index (χ0) is 20.8. The lowest BCUT2D eigenvalue weighted by atomic mass is 10.1. The van der Waals surface area contributed by atoms with Crippen molar-refractivity contribution in [3.05, 3.63) is 47.5 Å². The van der Waals surface area contributed by atoms with Crippen molar-refractivity contribution in [2.24, 2.45) is 0 Å². The molecule has 1 aromatic heterocycles. The molecule has 0 spiro atoms. The number of hydrogen-bond acceptors (Lipinski definition) is 6. The lowest BCUT2D eigenvalue weighted by molar-refractivity contribution is -0.114. The Balaban J connectivity index is 1.48. The first kappa shape index (κ1) is 21.7. The minimum atomic E-state index is -0.123. The van der Waals surface area contributed by atoms with E-state index < -0.39 is 0 Å². The highest BCUT2D eigenvalue weighted by atomic mass is 32.2. The van der Waals surface area contributed by atoms with E-state index in [9.17, 15) is 9.59 Å². The molecule has 0 bridgehead atoms. The second kappa shape index (κ2) is 10.1. The molecule has 0 unspecified atom stereocenters. The van der Waals surface area contributed by atoms with Crippen LogP contribution in [0.4, 0.5) is 11.4 Å². The first-order valence-electron chi connectivity index (χ1n) is 9.23. The standard InChI is InChI=1S/C21H23N3O2S3/c1-4-28-21-23-16-9-8-15(10-17(16)29-21)22-18(25)11-27-12-19(26)24-20-13(2)6-5-7-14(20)3/h5-10H,4,11-12H2,1-3H3,(H,22,25)(H,24,26). The Hall–Kier alpha value is -2.03. The molecule has 29 heavy (non-hydrogen) atoms. The molecule has 8 heteroatoms. The van der Waals surface area contributed by atoms with Crippen molar-refractivity contribution in [2.45, 2.75) is 25.1 Å². The number of carbonyl (C=O) groups excluding carboxylic acids is 2. The van der Waals surface area contributed by atoms with Crippen LogP contribution in [0.15, 0.2) is 40.7 Å². The minimum Gasteiger partial charge on any atom is -0.325 e. The number of carbonyl (C=O) groups is 2. The van der Waals surface area contributed by atoms with Gasteiger partial charge in [0.05, 0.1) is 21.7 Å². The molecule has 2 amide bonds. The number of aromatic nitrogens is 1. The highest BCUT2D eigenvalue weighted by Crippen LogP contribution is 2.31. The van der Waals surface area contributed by atoms with Gasteiger partial charge in [0.25, 0.3) is 0 Å². The van der Waals surface area contributed by atoms with Gasteiger partial charge in [-0.1, -0.05) is 36.9 Å². The van der Waals surface area contributed by atoms with E-state index >= 15 is 0 Å². The van der Waals surface area contributed by atoms with Gasteiger partial charge < -0.3 is 10.6 Å². The molecule has 2 aromatic carbocycles. The molecule has 0 atom stereocenters. The second-order valence-electron chi connectivity index (χ2n) is 6.45. The third kappa shape index (κ3) is 5.98. The fourth-order valence-electron chi connectivity index (χ4n) is 2.79. The molecule has 3 aromatic rings. The van der Waals surface area contributed by atoms with Crippen molar-refractivity contribution >= 4 is 68.3 Å². The number of hydrogen-bond donors (Lipinski definition) is 2. The summed E-state index contributed by atoms with van der Waals surface area (Å²) >= 11 is 4.64. The zero-order valence-corrected chi connectivity index (χ0v) is 19.0. The maximum absolute atomic E-state index is 12.2. The van der Waals surface area contributed by atoms with Crippen molar-refractivity contribution in [1.82, 2.24) is 4.98 Å². The van der Waals surface area contributed by atoms with Gasteiger partial charge in [-0.05, 0) is 48.9 Å². The number of nitrogens with zero attached hydrogens (tertiary/aromatic N) is 1. The average Bonchev–Trinajstić information content (AvgIpc) is 3.07. The van der Waals surface area contributed by atoms with Crippen LogP contribution in [0.1, 0.15) is 18.1 Å². The van der Waals surface area contributed by atoms with Crippen LogP contribution in [-0.4, -0.2) is 34.1 Å². The monoisotopic (exact) mass is 445 g/mol. The van der Waals surface area contributed by atoms with Crippen molar-refractivity contribution in [3.63, 3.8) is 0 Å². The molecule has 0 aliphatic carbocycles. The third-order valence-corrected chi connectivity index (χ3v) is 7.11. The molecular formula is C21H23N3O2S3. The molecule has 1 heterocycles. The Bertz CT molecular complexity index is 1010. The summed E-state index contributed by atoms with van der Waals surface area (Å²) in [5, 5.41) is 5.83. The quantitative estimate of drug-likeness (QED) is 0.458. The van der Waals surface area contributed by atoms with E-state index in [1.807, 2.05) is 50.2 Å². The average molecular weight is 446 g/mol. The molecule has 0 radical (unpaired) electrons. The number of benzene rings is 2. The minimum absolute atomic E-state index is 0.104. The molecule has 0 saturated heterocycles. The van der Waals surface area contributed by atoms with Gasteiger partial charge in [-0.25, -0.2) is 4.98 Å². The van der Waals surface area contributed by atoms with Crippen molar-refractivity contribution < 1.29 is 9.59 Å². The Morgan fingerprint density at radius 2 is 1.72 bits per heavy atom. The second-order valence-corrected chi connectivity index (χ2v) is 9.98. The molecular weight excluding hydrogens is 422 g/mol. The Morgan fingerprint density at radius 3 is 2.41 bits per heavy atom. The van der Waals surface area contributed by atoms with Gasteiger partial charge >= 0.3 is 0 Å². The summed E-state index contributed by atoms with van der Waals surface area (Å²) in [6, 6.07) is 11.6. The summed E-state index contributed by atoms with van der Waals surface area (Å²) in [6.45, 7) is 6.03. The summed E-state index contributed by atoms with van der Waals surface area (Å²) in [6.07, 6.45) is 0. The number of amides is 2. The summed E-state index contributed by atoms with van der Waals surface area (Å²) in [7, 11) is 0. The van der Waals surface area contributed by atoms with E-state index in [0.717, 1.165) is 42.8 Å². The fourth-order valence-corrected chi connectivity index (χ4v) is 5.41. The Labute approximate surface area is 183 Å². The van der Waals surface area contributed by atoms with Gasteiger partial charge in [0, 0.05) is 11.4 Å². The van der Waals surface area contributed by atoms with Crippen LogP contribution >= 0.6 is 34.9 Å². The molecule has 0 aliphatic heterocycles. The number of rotatable bonds is 8. The number of thioether (sulfide) groups is 2. The number of aryl methyl sites for hydroxylation is 2. The van der Waals surface area contributed by atoms with E-state index in [1.165, 1.54) is 11.8 Å². The maximum atomic E-state index is 12.2. The van der Waals surface area contributed by atoms with Gasteiger partial charge in [-0.15, -0.1) is 23.1 Å². The number of nitrogens with one attached hydrogen (secondary N) is 2. The summed E-state index contributed by atoms with van der Waals surface area (Å²) in [5.74, 6) is 1.21. The van der Waals surface area contributed by atoms with Crippen molar-refractivity contribution in [1.29, 1.82) is 0 Å². The van der Waals surface area contributed by atoms with Gasteiger partial charge in [0.15, 0.2) is 4.34 Å². The van der Waals surface area contributed by atoms with Gasteiger partial charge in [0.1, 0.15) is 0 Å². The van der Waals surface area contributed by atoms with Crippen LogP contribution in [0.3, 0.4) is 0 Å². The van der Waals surface area contributed by atoms with Crippen molar-refractivity contribution in [3.8, 4) is 0 Å². The van der Waals surface area contributed by atoms with Gasteiger partial charge in [-0.3, -0.25) is 9.59 Å². The molecule has 3 rings (SSSR count). The van der Waals surface area contributed by atoms with Crippen molar-refractivity contribution in [2.75, 3.05) is 27.9 Å². The third-order valence-electron chi connectivity index (χ3n) is 4.13. The van der Waals surface area contributed by atoms with Crippen LogP contribution in [-0.2, 0) is 9.59 Å². The fraction of sp³-hybridized carbons (Fsp3) is 0.286. The van der Waals surface area contributed by atoms with E-state index in [-0.39, 0.29) is 23.3 Å². The topological polar surface area (TPSA) is 71.1 Å². The number of anilines is 2. The molecule has 5 nitrogen and oxygen atoms in total. The van der Waals surface area contributed by atoms with E-state index in [2.05, 4.69) is 22.5 Å². The predicted molar refractivity (Wildman–Crippen MR) is 127 cm³/mol. The maximum Gasteiger partial charge on any atom is 0.234 e. The van der Waals surface area contributed by atoms with Crippen LogP contribution in [0, 0.1) is 13.8 Å². The first-order valence-corrected chi connectivity index (χ1v) is 12.2. The van der Waals surface area contributed by atoms with Gasteiger partial charge in [-0.2, -0.15) is 0 Å². The van der Waals surface area contributed by atoms with Crippen LogP contribution in [0.5, 0.6) is 0 Å². The van der Waals surface area contributed by atoms with Crippen LogP contribution < -0.4 is 10.6 Å². The molecule has 0 saturated carbocycles. The normalized spacial score (nSPS) is 10.9. The predicted octanol–water partition coefficient (Wildman–Crippen LogP) is 5.34. The Kier molecular flexibility index (Phi) is 7.57. The summed E-state index contributed by atoms with van der Waals surface area (Å²) < 4.78 is 2.09.